The van der Waals surface area contributed by atoms with E-state index in [1.54, 1.807) is 18.2 Å². The third-order valence-corrected chi connectivity index (χ3v) is 5.16. The minimum atomic E-state index is -0.459. The lowest BCUT2D eigenvalue weighted by molar-refractivity contribution is -0.383. The fourth-order valence-electron chi connectivity index (χ4n) is 3.57. The highest BCUT2D eigenvalue weighted by atomic mass is 19.1. The van der Waals surface area contributed by atoms with Crippen LogP contribution in [0, 0.1) is 22.9 Å². The van der Waals surface area contributed by atoms with Gasteiger partial charge in [-0.05, 0) is 30.7 Å². The normalized spacial score (nSPS) is 13.9. The minimum Gasteiger partial charge on any atom is -0.366 e. The van der Waals surface area contributed by atoms with E-state index >= 15 is 0 Å². The molecule has 0 atom stereocenters. The summed E-state index contributed by atoms with van der Waals surface area (Å²) in [6.07, 6.45) is 1.33. The summed E-state index contributed by atoms with van der Waals surface area (Å²) in [5.41, 5.74) is 2.07. The Bertz CT molecular complexity index is 1070. The summed E-state index contributed by atoms with van der Waals surface area (Å²) in [6.45, 7) is 3.94. The van der Waals surface area contributed by atoms with Gasteiger partial charge in [0, 0.05) is 31.9 Å². The zero-order chi connectivity index (χ0) is 21.1. The Morgan fingerprint density at radius 2 is 1.67 bits per heavy atom. The fourth-order valence-corrected chi connectivity index (χ4v) is 3.57. The number of rotatable bonds is 5. The van der Waals surface area contributed by atoms with Crippen LogP contribution in [0.2, 0.25) is 0 Å². The van der Waals surface area contributed by atoms with E-state index in [0.717, 1.165) is 11.3 Å². The average molecular weight is 408 g/mol. The molecule has 0 saturated carbocycles. The van der Waals surface area contributed by atoms with Gasteiger partial charge in [-0.1, -0.05) is 30.3 Å². The van der Waals surface area contributed by atoms with Crippen LogP contribution in [-0.2, 0) is 0 Å². The van der Waals surface area contributed by atoms with Crippen molar-refractivity contribution in [2.24, 2.45) is 0 Å². The van der Waals surface area contributed by atoms with Crippen LogP contribution in [0.4, 0.5) is 33.1 Å². The maximum Gasteiger partial charge on any atom is 0.353 e. The van der Waals surface area contributed by atoms with E-state index in [1.165, 1.54) is 12.4 Å². The first kappa shape index (κ1) is 19.6. The van der Waals surface area contributed by atoms with Gasteiger partial charge in [-0.2, -0.15) is 0 Å². The van der Waals surface area contributed by atoms with Crippen molar-refractivity contribution >= 4 is 28.7 Å². The number of nitrogens with one attached hydrogen (secondary N) is 1. The van der Waals surface area contributed by atoms with Crippen molar-refractivity contribution in [3.8, 4) is 0 Å². The number of halogens is 1. The molecule has 2 aromatic carbocycles. The van der Waals surface area contributed by atoms with Gasteiger partial charge in [-0.25, -0.2) is 14.4 Å². The van der Waals surface area contributed by atoms with Crippen molar-refractivity contribution < 1.29 is 9.31 Å². The molecule has 9 heteroatoms. The minimum absolute atomic E-state index is 0.149. The standard InChI is InChI=1S/C21H21FN6O2/c1-15-6-2-4-8-17(15)25-20-19(28(29)30)21(24-14-23-20)27-12-10-26(11-13-27)18-9-5-3-7-16(18)22/h2-9,14H,10-13H2,1H3,(H,23,24,25). The smallest absolute Gasteiger partial charge is 0.353 e. The van der Waals surface area contributed by atoms with Gasteiger partial charge in [0.25, 0.3) is 0 Å². The molecular weight excluding hydrogens is 387 g/mol. The molecule has 0 radical (unpaired) electrons. The Morgan fingerprint density at radius 1 is 1.00 bits per heavy atom. The number of nitrogens with zero attached hydrogens (tertiary/aromatic N) is 5. The van der Waals surface area contributed by atoms with Gasteiger partial charge in [-0.15, -0.1) is 0 Å². The molecule has 3 aromatic rings. The van der Waals surface area contributed by atoms with Crippen molar-refractivity contribution in [2.75, 3.05) is 41.3 Å². The Labute approximate surface area is 173 Å². The van der Waals surface area contributed by atoms with Gasteiger partial charge in [0.1, 0.15) is 12.1 Å². The molecule has 0 aliphatic carbocycles. The SMILES string of the molecule is Cc1ccccc1Nc1ncnc(N2CCN(c3ccccc3F)CC2)c1[N+](=O)[O-]. The molecule has 154 valence electrons. The average Bonchev–Trinajstić information content (AvgIpc) is 2.75. The summed E-state index contributed by atoms with van der Waals surface area (Å²) in [5, 5.41) is 15.0. The molecule has 2 heterocycles. The number of aromatic nitrogens is 2. The van der Waals surface area contributed by atoms with E-state index in [9.17, 15) is 14.5 Å². The summed E-state index contributed by atoms with van der Waals surface area (Å²) >= 11 is 0. The molecule has 4 rings (SSSR count). The van der Waals surface area contributed by atoms with Crippen molar-refractivity contribution in [3.63, 3.8) is 0 Å². The van der Waals surface area contributed by atoms with Crippen LogP contribution >= 0.6 is 0 Å². The summed E-state index contributed by atoms with van der Waals surface area (Å²) in [6, 6.07) is 14.1. The predicted molar refractivity (Wildman–Crippen MR) is 114 cm³/mol. The number of aryl methyl sites for hydroxylation is 1. The summed E-state index contributed by atoms with van der Waals surface area (Å²) in [4.78, 5) is 23.5. The van der Waals surface area contributed by atoms with Gasteiger partial charge >= 0.3 is 5.69 Å². The number of hydrogen-bond donors (Lipinski definition) is 1. The van der Waals surface area contributed by atoms with Crippen LogP contribution in [-0.4, -0.2) is 41.1 Å². The first-order valence-corrected chi connectivity index (χ1v) is 9.61. The largest absolute Gasteiger partial charge is 0.366 e. The Morgan fingerprint density at radius 3 is 2.37 bits per heavy atom. The second-order valence-electron chi connectivity index (χ2n) is 7.02. The first-order chi connectivity index (χ1) is 14.5. The number of hydrogen-bond acceptors (Lipinski definition) is 7. The molecule has 30 heavy (non-hydrogen) atoms. The number of para-hydroxylation sites is 2. The Kier molecular flexibility index (Phi) is 5.42. The molecule has 0 unspecified atom stereocenters. The lowest BCUT2D eigenvalue weighted by Gasteiger charge is -2.36. The molecule has 1 aromatic heterocycles. The van der Waals surface area contributed by atoms with E-state index in [-0.39, 0.29) is 23.1 Å². The third kappa shape index (κ3) is 3.86. The van der Waals surface area contributed by atoms with Crippen LogP contribution in [0.25, 0.3) is 0 Å². The second kappa shape index (κ2) is 8.32. The summed E-state index contributed by atoms with van der Waals surface area (Å²) in [5.74, 6) is 0.138. The molecule has 1 N–H and O–H groups in total. The van der Waals surface area contributed by atoms with Crippen molar-refractivity contribution in [2.45, 2.75) is 6.92 Å². The second-order valence-corrected chi connectivity index (χ2v) is 7.02. The van der Waals surface area contributed by atoms with Crippen LogP contribution in [0.1, 0.15) is 5.56 Å². The van der Waals surface area contributed by atoms with E-state index in [4.69, 9.17) is 0 Å². The highest BCUT2D eigenvalue weighted by Crippen LogP contribution is 2.35. The van der Waals surface area contributed by atoms with Gasteiger partial charge in [0.05, 0.1) is 10.6 Å². The zero-order valence-electron chi connectivity index (χ0n) is 16.5. The number of piperazine rings is 1. The molecular formula is C21H21FN6O2. The van der Waals surface area contributed by atoms with Crippen molar-refractivity contribution in [3.05, 3.63) is 76.4 Å². The maximum absolute atomic E-state index is 14.1. The number of nitro groups is 1. The van der Waals surface area contributed by atoms with E-state index in [2.05, 4.69) is 15.3 Å². The molecule has 8 nitrogen and oxygen atoms in total. The van der Waals surface area contributed by atoms with Crippen LogP contribution in [0.15, 0.2) is 54.9 Å². The summed E-state index contributed by atoms with van der Waals surface area (Å²) in [7, 11) is 0. The molecule has 0 spiro atoms. The molecule has 1 aliphatic heterocycles. The van der Waals surface area contributed by atoms with E-state index in [1.807, 2.05) is 41.0 Å². The highest BCUT2D eigenvalue weighted by molar-refractivity contribution is 5.75. The molecule has 1 aliphatic rings. The lowest BCUT2D eigenvalue weighted by Crippen LogP contribution is -2.47. The van der Waals surface area contributed by atoms with E-state index < -0.39 is 4.92 Å². The van der Waals surface area contributed by atoms with Crippen molar-refractivity contribution in [1.82, 2.24) is 9.97 Å². The predicted octanol–water partition coefficient (Wildman–Crippen LogP) is 3.90. The monoisotopic (exact) mass is 408 g/mol. The first-order valence-electron chi connectivity index (χ1n) is 9.61. The third-order valence-electron chi connectivity index (χ3n) is 5.16. The van der Waals surface area contributed by atoms with Gasteiger partial charge in [0.2, 0.25) is 11.6 Å². The Balaban J connectivity index is 1.58. The highest BCUT2D eigenvalue weighted by Gasteiger charge is 2.30. The topological polar surface area (TPSA) is 87.4 Å². The molecule has 0 bridgehead atoms. The van der Waals surface area contributed by atoms with Gasteiger partial charge in [0.15, 0.2) is 0 Å². The molecule has 1 fully saturated rings. The van der Waals surface area contributed by atoms with Gasteiger partial charge in [-0.3, -0.25) is 10.1 Å². The number of benzene rings is 2. The maximum atomic E-state index is 14.1. The number of anilines is 4. The van der Waals surface area contributed by atoms with E-state index in [0.29, 0.717) is 31.9 Å². The fraction of sp³-hybridized carbons (Fsp3) is 0.238. The van der Waals surface area contributed by atoms with Crippen LogP contribution in [0.5, 0.6) is 0 Å². The zero-order valence-corrected chi connectivity index (χ0v) is 16.5. The molecule has 1 saturated heterocycles. The van der Waals surface area contributed by atoms with Crippen LogP contribution < -0.4 is 15.1 Å². The van der Waals surface area contributed by atoms with Gasteiger partial charge < -0.3 is 15.1 Å². The quantitative estimate of drug-likeness (QED) is 0.506. The van der Waals surface area contributed by atoms with Crippen molar-refractivity contribution in [1.29, 1.82) is 0 Å². The lowest BCUT2D eigenvalue weighted by atomic mass is 10.2. The summed E-state index contributed by atoms with van der Waals surface area (Å²) < 4.78 is 14.1. The van der Waals surface area contributed by atoms with Crippen LogP contribution in [0.3, 0.4) is 0 Å². The molecule has 0 amide bonds. The Hall–Kier alpha value is -3.75.